The van der Waals surface area contributed by atoms with Gasteiger partial charge in [0.25, 0.3) is 5.91 Å². The minimum Gasteiger partial charge on any atom is -0.507 e. The molecule has 20 heavy (non-hydrogen) atoms. The maximum atomic E-state index is 12.3. The van der Waals surface area contributed by atoms with E-state index in [1.54, 1.807) is 36.2 Å². The summed E-state index contributed by atoms with van der Waals surface area (Å²) < 4.78 is 0.565. The van der Waals surface area contributed by atoms with E-state index in [1.807, 2.05) is 12.1 Å². The number of amides is 1. The van der Waals surface area contributed by atoms with Crippen molar-refractivity contribution >= 4 is 27.5 Å². The molecule has 1 amide bonds. The van der Waals surface area contributed by atoms with E-state index in [9.17, 15) is 9.90 Å². The molecular formula is C15H15BrN2O2. The van der Waals surface area contributed by atoms with Gasteiger partial charge in [-0.05, 0) is 51.8 Å². The molecule has 104 valence electrons. The van der Waals surface area contributed by atoms with Gasteiger partial charge in [-0.1, -0.05) is 12.1 Å². The molecule has 0 heterocycles. The average Bonchev–Trinajstić information content (AvgIpc) is 2.43. The molecule has 0 saturated heterocycles. The van der Waals surface area contributed by atoms with E-state index >= 15 is 0 Å². The molecule has 5 heteroatoms. The normalized spacial score (nSPS) is 10.3. The molecule has 0 fully saturated rings. The first kappa shape index (κ1) is 14.4. The van der Waals surface area contributed by atoms with Gasteiger partial charge in [-0.3, -0.25) is 4.79 Å². The van der Waals surface area contributed by atoms with Gasteiger partial charge in [-0.25, -0.2) is 0 Å². The second kappa shape index (κ2) is 5.96. The molecule has 0 unspecified atom stereocenters. The van der Waals surface area contributed by atoms with Crippen LogP contribution in [-0.4, -0.2) is 23.0 Å². The number of aromatic hydroxyl groups is 1. The number of phenolic OH excluding ortho intramolecular Hbond substituents is 1. The highest BCUT2D eigenvalue weighted by atomic mass is 79.9. The largest absolute Gasteiger partial charge is 0.507 e. The monoisotopic (exact) mass is 334 g/mol. The number of benzene rings is 2. The van der Waals surface area contributed by atoms with Gasteiger partial charge < -0.3 is 15.7 Å². The number of phenols is 1. The van der Waals surface area contributed by atoms with Crippen molar-refractivity contribution in [1.29, 1.82) is 0 Å². The standard InChI is InChI=1S/C15H15BrN2O2/c1-18(9-10-2-5-12(17)6-3-10)15(20)11-4-7-13(16)14(19)8-11/h2-8,19H,9,17H2,1H3. The van der Waals surface area contributed by atoms with E-state index in [0.29, 0.717) is 22.3 Å². The summed E-state index contributed by atoms with van der Waals surface area (Å²) in [5.74, 6) is -0.0960. The van der Waals surface area contributed by atoms with Crippen LogP contribution < -0.4 is 5.73 Å². The van der Waals surface area contributed by atoms with Gasteiger partial charge in [0.15, 0.2) is 0 Å². The summed E-state index contributed by atoms with van der Waals surface area (Å²) in [4.78, 5) is 13.8. The molecule has 2 rings (SSSR count). The summed E-state index contributed by atoms with van der Waals surface area (Å²) in [6.07, 6.45) is 0. The Morgan fingerprint density at radius 3 is 2.50 bits per heavy atom. The zero-order chi connectivity index (χ0) is 14.7. The first-order valence-electron chi connectivity index (χ1n) is 6.06. The number of rotatable bonds is 3. The van der Waals surface area contributed by atoms with Crippen LogP contribution in [0.2, 0.25) is 0 Å². The lowest BCUT2D eigenvalue weighted by Gasteiger charge is -2.17. The number of nitrogens with two attached hydrogens (primary N) is 1. The van der Waals surface area contributed by atoms with Gasteiger partial charge in [-0.2, -0.15) is 0 Å². The zero-order valence-corrected chi connectivity index (χ0v) is 12.6. The summed E-state index contributed by atoms with van der Waals surface area (Å²) in [6.45, 7) is 0.482. The van der Waals surface area contributed by atoms with Crippen LogP contribution in [0.5, 0.6) is 5.75 Å². The summed E-state index contributed by atoms with van der Waals surface area (Å²) in [5, 5.41) is 9.62. The van der Waals surface area contributed by atoms with Crippen LogP contribution in [-0.2, 0) is 6.54 Å². The van der Waals surface area contributed by atoms with Crippen molar-refractivity contribution in [2.75, 3.05) is 12.8 Å². The Hall–Kier alpha value is -2.01. The predicted octanol–water partition coefficient (Wildman–Crippen LogP) is 3.01. The maximum Gasteiger partial charge on any atom is 0.254 e. The second-order valence-electron chi connectivity index (χ2n) is 4.57. The van der Waals surface area contributed by atoms with Crippen molar-refractivity contribution in [2.45, 2.75) is 6.54 Å². The van der Waals surface area contributed by atoms with Gasteiger partial charge in [0.2, 0.25) is 0 Å². The minimum atomic E-state index is -0.148. The molecule has 4 nitrogen and oxygen atoms in total. The van der Waals surface area contributed by atoms with Gasteiger partial charge >= 0.3 is 0 Å². The van der Waals surface area contributed by atoms with Gasteiger partial charge in [0.1, 0.15) is 5.75 Å². The van der Waals surface area contributed by atoms with Crippen LogP contribution in [0.1, 0.15) is 15.9 Å². The highest BCUT2D eigenvalue weighted by Gasteiger charge is 2.13. The Balaban J connectivity index is 2.11. The fraction of sp³-hybridized carbons (Fsp3) is 0.133. The van der Waals surface area contributed by atoms with Gasteiger partial charge in [0.05, 0.1) is 4.47 Å². The van der Waals surface area contributed by atoms with E-state index in [0.717, 1.165) is 5.56 Å². The zero-order valence-electron chi connectivity index (χ0n) is 11.0. The molecule has 0 aliphatic rings. The summed E-state index contributed by atoms with van der Waals surface area (Å²) in [7, 11) is 1.72. The number of carbonyl (C=O) groups excluding carboxylic acids is 1. The molecule has 3 N–H and O–H groups in total. The summed E-state index contributed by atoms with van der Waals surface area (Å²) in [5.41, 5.74) is 7.77. The van der Waals surface area contributed by atoms with Gasteiger partial charge in [0, 0.05) is 24.8 Å². The van der Waals surface area contributed by atoms with E-state index in [2.05, 4.69) is 15.9 Å². The molecular weight excluding hydrogens is 320 g/mol. The Morgan fingerprint density at radius 1 is 1.25 bits per heavy atom. The molecule has 0 aliphatic carbocycles. The first-order valence-corrected chi connectivity index (χ1v) is 6.85. The lowest BCUT2D eigenvalue weighted by atomic mass is 10.1. The molecule has 0 bridgehead atoms. The van der Waals surface area contributed by atoms with Crippen molar-refractivity contribution in [2.24, 2.45) is 0 Å². The number of carbonyl (C=O) groups is 1. The highest BCUT2D eigenvalue weighted by molar-refractivity contribution is 9.10. The Morgan fingerprint density at radius 2 is 1.90 bits per heavy atom. The SMILES string of the molecule is CN(Cc1ccc(N)cc1)C(=O)c1ccc(Br)c(O)c1. The second-order valence-corrected chi connectivity index (χ2v) is 5.42. The lowest BCUT2D eigenvalue weighted by Crippen LogP contribution is -2.26. The molecule has 0 saturated carbocycles. The van der Waals surface area contributed by atoms with Gasteiger partial charge in [-0.15, -0.1) is 0 Å². The average molecular weight is 335 g/mol. The molecule has 0 radical (unpaired) electrons. The third-order valence-corrected chi connectivity index (χ3v) is 3.61. The van der Waals surface area contributed by atoms with Crippen LogP contribution in [0.15, 0.2) is 46.9 Å². The van der Waals surface area contributed by atoms with Crippen LogP contribution in [0.25, 0.3) is 0 Å². The number of nitrogens with zero attached hydrogens (tertiary/aromatic N) is 1. The predicted molar refractivity (Wildman–Crippen MR) is 82.5 cm³/mol. The number of halogens is 1. The molecule has 0 aromatic heterocycles. The number of hydrogen-bond acceptors (Lipinski definition) is 3. The molecule has 2 aromatic rings. The first-order chi connectivity index (χ1) is 9.47. The number of hydrogen-bond donors (Lipinski definition) is 2. The van der Waals surface area contributed by atoms with Crippen LogP contribution in [0, 0.1) is 0 Å². The van der Waals surface area contributed by atoms with E-state index in [4.69, 9.17) is 5.73 Å². The van der Waals surface area contributed by atoms with E-state index < -0.39 is 0 Å². The summed E-state index contributed by atoms with van der Waals surface area (Å²) in [6, 6.07) is 12.2. The molecule has 0 aliphatic heterocycles. The van der Waals surface area contributed by atoms with Crippen molar-refractivity contribution in [3.63, 3.8) is 0 Å². The Kier molecular flexibility index (Phi) is 4.29. The van der Waals surface area contributed by atoms with E-state index in [1.165, 1.54) is 6.07 Å². The van der Waals surface area contributed by atoms with Crippen molar-refractivity contribution in [1.82, 2.24) is 4.90 Å². The van der Waals surface area contributed by atoms with E-state index in [-0.39, 0.29) is 11.7 Å². The fourth-order valence-corrected chi connectivity index (χ4v) is 2.08. The fourth-order valence-electron chi connectivity index (χ4n) is 1.83. The van der Waals surface area contributed by atoms with Crippen LogP contribution in [0.4, 0.5) is 5.69 Å². The summed E-state index contributed by atoms with van der Waals surface area (Å²) >= 11 is 3.19. The number of anilines is 1. The topological polar surface area (TPSA) is 66.6 Å². The molecule has 2 aromatic carbocycles. The third kappa shape index (κ3) is 3.30. The Bertz CT molecular complexity index is 626. The van der Waals surface area contributed by atoms with Crippen molar-refractivity contribution in [3.05, 3.63) is 58.1 Å². The quantitative estimate of drug-likeness (QED) is 0.848. The Labute approximate surface area is 126 Å². The lowest BCUT2D eigenvalue weighted by molar-refractivity contribution is 0.0784. The van der Waals surface area contributed by atoms with Crippen LogP contribution >= 0.6 is 15.9 Å². The van der Waals surface area contributed by atoms with Crippen molar-refractivity contribution < 1.29 is 9.90 Å². The highest BCUT2D eigenvalue weighted by Crippen LogP contribution is 2.25. The van der Waals surface area contributed by atoms with Crippen molar-refractivity contribution in [3.8, 4) is 5.75 Å². The minimum absolute atomic E-state index is 0.0525. The maximum absolute atomic E-state index is 12.3. The van der Waals surface area contributed by atoms with Crippen LogP contribution in [0.3, 0.4) is 0 Å². The number of nitrogen functional groups attached to an aromatic ring is 1. The smallest absolute Gasteiger partial charge is 0.254 e. The molecule has 0 spiro atoms. The molecule has 0 atom stereocenters. The third-order valence-electron chi connectivity index (χ3n) is 2.94.